The zero-order valence-electron chi connectivity index (χ0n) is 6.90. The molecule has 1 aromatic heterocycles. The molecule has 1 unspecified atom stereocenters. The number of aromatic nitrogens is 1. The lowest BCUT2D eigenvalue weighted by Crippen LogP contribution is -2.33. The highest BCUT2D eigenvalue weighted by molar-refractivity contribution is 5.74. The SMILES string of the molecule is CCC(Nn1cccc1)C(=O)O. The molecule has 4 heteroatoms. The van der Waals surface area contributed by atoms with Gasteiger partial charge in [0, 0.05) is 12.4 Å². The molecule has 4 nitrogen and oxygen atoms in total. The highest BCUT2D eigenvalue weighted by Crippen LogP contribution is 1.94. The Kier molecular flexibility index (Phi) is 2.74. The van der Waals surface area contributed by atoms with Gasteiger partial charge in [0.25, 0.3) is 0 Å². The molecule has 0 bridgehead atoms. The van der Waals surface area contributed by atoms with Crippen LogP contribution in [0.4, 0.5) is 0 Å². The van der Waals surface area contributed by atoms with Crippen LogP contribution in [0.25, 0.3) is 0 Å². The number of aliphatic carboxylic acids is 1. The predicted octanol–water partition coefficient (Wildman–Crippen LogP) is 0.895. The molecule has 0 aliphatic carbocycles. The van der Waals surface area contributed by atoms with E-state index in [9.17, 15) is 4.79 Å². The van der Waals surface area contributed by atoms with Crippen LogP contribution in [0.3, 0.4) is 0 Å². The summed E-state index contributed by atoms with van der Waals surface area (Å²) < 4.78 is 1.64. The van der Waals surface area contributed by atoms with Crippen LogP contribution in [0.2, 0.25) is 0 Å². The molecule has 66 valence electrons. The Morgan fingerprint density at radius 3 is 2.58 bits per heavy atom. The van der Waals surface area contributed by atoms with E-state index >= 15 is 0 Å². The van der Waals surface area contributed by atoms with Gasteiger partial charge in [-0.15, -0.1) is 0 Å². The topological polar surface area (TPSA) is 54.3 Å². The number of nitrogens with one attached hydrogen (secondary N) is 1. The Hall–Kier alpha value is -1.45. The first-order valence-corrected chi connectivity index (χ1v) is 3.86. The molecule has 0 saturated carbocycles. The summed E-state index contributed by atoms with van der Waals surface area (Å²) in [4.78, 5) is 10.6. The van der Waals surface area contributed by atoms with Crippen molar-refractivity contribution in [2.75, 3.05) is 5.43 Å². The maximum absolute atomic E-state index is 10.6. The van der Waals surface area contributed by atoms with Crippen LogP contribution in [0.5, 0.6) is 0 Å². The zero-order valence-corrected chi connectivity index (χ0v) is 6.90. The van der Waals surface area contributed by atoms with Gasteiger partial charge in [-0.1, -0.05) is 6.92 Å². The van der Waals surface area contributed by atoms with Gasteiger partial charge < -0.3 is 10.5 Å². The first-order chi connectivity index (χ1) is 5.74. The number of carboxylic acid groups (broad SMARTS) is 1. The minimum Gasteiger partial charge on any atom is -0.480 e. The second-order valence-corrected chi connectivity index (χ2v) is 2.52. The van der Waals surface area contributed by atoms with Gasteiger partial charge in [-0.05, 0) is 18.6 Å². The van der Waals surface area contributed by atoms with E-state index in [2.05, 4.69) is 5.43 Å². The maximum atomic E-state index is 10.6. The molecule has 0 aliphatic rings. The third kappa shape index (κ3) is 2.02. The highest BCUT2D eigenvalue weighted by atomic mass is 16.4. The Morgan fingerprint density at radius 1 is 1.58 bits per heavy atom. The third-order valence-electron chi connectivity index (χ3n) is 1.62. The van der Waals surface area contributed by atoms with Crippen molar-refractivity contribution in [3.63, 3.8) is 0 Å². The van der Waals surface area contributed by atoms with Crippen LogP contribution in [-0.2, 0) is 4.79 Å². The predicted molar refractivity (Wildman–Crippen MR) is 45.5 cm³/mol. The molecule has 1 atom stereocenters. The van der Waals surface area contributed by atoms with E-state index in [0.717, 1.165) is 0 Å². The average molecular weight is 168 g/mol. The van der Waals surface area contributed by atoms with Crippen molar-refractivity contribution in [2.24, 2.45) is 0 Å². The summed E-state index contributed by atoms with van der Waals surface area (Å²) in [6.07, 6.45) is 4.10. The summed E-state index contributed by atoms with van der Waals surface area (Å²) in [5, 5.41) is 8.70. The molecule has 1 rings (SSSR count). The van der Waals surface area contributed by atoms with Crippen molar-refractivity contribution in [1.29, 1.82) is 0 Å². The number of rotatable bonds is 4. The second-order valence-electron chi connectivity index (χ2n) is 2.52. The van der Waals surface area contributed by atoms with Crippen LogP contribution in [0, 0.1) is 0 Å². The lowest BCUT2D eigenvalue weighted by Gasteiger charge is -2.13. The van der Waals surface area contributed by atoms with Crippen molar-refractivity contribution >= 4 is 5.97 Å². The van der Waals surface area contributed by atoms with E-state index in [1.54, 1.807) is 17.1 Å². The molecule has 2 N–H and O–H groups in total. The van der Waals surface area contributed by atoms with E-state index in [4.69, 9.17) is 5.11 Å². The summed E-state index contributed by atoms with van der Waals surface area (Å²) in [7, 11) is 0. The largest absolute Gasteiger partial charge is 0.480 e. The number of hydrogen-bond donors (Lipinski definition) is 2. The summed E-state index contributed by atoms with van der Waals surface area (Å²) >= 11 is 0. The third-order valence-corrected chi connectivity index (χ3v) is 1.62. The molecule has 12 heavy (non-hydrogen) atoms. The zero-order chi connectivity index (χ0) is 8.97. The van der Waals surface area contributed by atoms with Crippen molar-refractivity contribution < 1.29 is 9.90 Å². The number of nitrogens with zero attached hydrogens (tertiary/aromatic N) is 1. The van der Waals surface area contributed by atoms with Crippen molar-refractivity contribution in [1.82, 2.24) is 4.68 Å². The Bertz CT molecular complexity index is 244. The quantitative estimate of drug-likeness (QED) is 0.702. The van der Waals surface area contributed by atoms with Gasteiger partial charge in [0.15, 0.2) is 0 Å². The smallest absolute Gasteiger partial charge is 0.327 e. The summed E-state index contributed by atoms with van der Waals surface area (Å²) in [6.45, 7) is 1.83. The fourth-order valence-electron chi connectivity index (χ4n) is 0.922. The van der Waals surface area contributed by atoms with Crippen molar-refractivity contribution in [3.05, 3.63) is 24.5 Å². The molecule has 0 spiro atoms. The molecule has 0 aliphatic heterocycles. The molecule has 0 radical (unpaired) electrons. The first kappa shape index (κ1) is 8.64. The normalized spacial score (nSPS) is 12.4. The van der Waals surface area contributed by atoms with Gasteiger partial charge in [0.1, 0.15) is 6.04 Å². The molecule has 0 saturated heterocycles. The summed E-state index contributed by atoms with van der Waals surface area (Å²) in [5.74, 6) is -0.828. The van der Waals surface area contributed by atoms with Gasteiger partial charge in [0.2, 0.25) is 0 Å². The van der Waals surface area contributed by atoms with Crippen LogP contribution in [-0.4, -0.2) is 21.8 Å². The minimum absolute atomic E-state index is 0.516. The van der Waals surface area contributed by atoms with E-state index < -0.39 is 12.0 Å². The average Bonchev–Trinajstić information content (AvgIpc) is 2.51. The second kappa shape index (κ2) is 3.80. The molecular formula is C8H12N2O2. The van der Waals surface area contributed by atoms with Crippen LogP contribution < -0.4 is 5.43 Å². The van der Waals surface area contributed by atoms with Crippen molar-refractivity contribution in [2.45, 2.75) is 19.4 Å². The van der Waals surface area contributed by atoms with Crippen LogP contribution in [0.15, 0.2) is 24.5 Å². The standard InChI is InChI=1S/C8H12N2O2/c1-2-7(8(11)12)9-10-5-3-4-6-10/h3-7,9H,2H2,1H3,(H,11,12). The van der Waals surface area contributed by atoms with Crippen molar-refractivity contribution in [3.8, 4) is 0 Å². The van der Waals surface area contributed by atoms with E-state index in [0.29, 0.717) is 6.42 Å². The van der Waals surface area contributed by atoms with Crippen LogP contribution in [0.1, 0.15) is 13.3 Å². The van der Waals surface area contributed by atoms with E-state index in [1.165, 1.54) is 0 Å². The fraction of sp³-hybridized carbons (Fsp3) is 0.375. The molecule has 0 amide bonds. The van der Waals surface area contributed by atoms with Gasteiger partial charge >= 0.3 is 5.97 Å². The maximum Gasteiger partial charge on any atom is 0.327 e. The summed E-state index contributed by atoms with van der Waals surface area (Å²) in [5.41, 5.74) is 2.83. The molecule has 0 fully saturated rings. The molecule has 1 aromatic rings. The molecular weight excluding hydrogens is 156 g/mol. The van der Waals surface area contributed by atoms with Gasteiger partial charge in [-0.25, -0.2) is 4.79 Å². The van der Waals surface area contributed by atoms with Gasteiger partial charge in [0.05, 0.1) is 0 Å². The Labute approximate surface area is 70.8 Å². The Morgan fingerprint density at radius 2 is 2.17 bits per heavy atom. The monoisotopic (exact) mass is 168 g/mol. The van der Waals surface area contributed by atoms with Gasteiger partial charge in [-0.2, -0.15) is 0 Å². The lowest BCUT2D eigenvalue weighted by atomic mass is 10.2. The fourth-order valence-corrected chi connectivity index (χ4v) is 0.922. The Balaban J connectivity index is 2.54. The number of carboxylic acids is 1. The highest BCUT2D eigenvalue weighted by Gasteiger charge is 2.13. The lowest BCUT2D eigenvalue weighted by molar-refractivity contribution is -0.138. The molecule has 0 aromatic carbocycles. The minimum atomic E-state index is -0.828. The first-order valence-electron chi connectivity index (χ1n) is 3.86. The van der Waals surface area contributed by atoms with Gasteiger partial charge in [-0.3, -0.25) is 4.68 Å². The van der Waals surface area contributed by atoms with Crippen LogP contribution >= 0.6 is 0 Å². The van der Waals surface area contributed by atoms with E-state index in [-0.39, 0.29) is 0 Å². The number of hydrogen-bond acceptors (Lipinski definition) is 2. The number of carbonyl (C=O) groups is 1. The molecule has 1 heterocycles. The van der Waals surface area contributed by atoms with E-state index in [1.807, 2.05) is 19.1 Å². The summed E-state index contributed by atoms with van der Waals surface area (Å²) in [6, 6.07) is 3.15.